The van der Waals surface area contributed by atoms with Gasteiger partial charge in [-0.15, -0.1) is 0 Å². The Morgan fingerprint density at radius 2 is 1.86 bits per heavy atom. The fourth-order valence-electron chi connectivity index (χ4n) is 3.62. The monoisotopic (exact) mass is 317 g/mol. The van der Waals surface area contributed by atoms with E-state index in [0.29, 0.717) is 19.3 Å². The molecule has 1 N–H and O–H groups in total. The van der Waals surface area contributed by atoms with E-state index in [2.05, 4.69) is 0 Å². The molecule has 21 heavy (non-hydrogen) atoms. The van der Waals surface area contributed by atoms with Crippen LogP contribution >= 0.6 is 0 Å². The summed E-state index contributed by atoms with van der Waals surface area (Å²) in [6.07, 6.45) is 4.54. The molecule has 1 saturated heterocycles. The second-order valence-corrected chi connectivity index (χ2v) is 8.58. The van der Waals surface area contributed by atoms with Crippen molar-refractivity contribution in [1.82, 2.24) is 4.90 Å². The predicted molar refractivity (Wildman–Crippen MR) is 77.6 cm³/mol. The van der Waals surface area contributed by atoms with Gasteiger partial charge < -0.3 is 10.0 Å². The molecule has 6 nitrogen and oxygen atoms in total. The highest BCUT2D eigenvalue weighted by molar-refractivity contribution is 7.91. The van der Waals surface area contributed by atoms with Crippen molar-refractivity contribution >= 4 is 21.7 Å². The Labute approximate surface area is 125 Å². The molecule has 2 fully saturated rings. The van der Waals surface area contributed by atoms with Gasteiger partial charge in [-0.1, -0.05) is 19.3 Å². The predicted octanol–water partition coefficient (Wildman–Crippen LogP) is 1.06. The Morgan fingerprint density at radius 1 is 1.24 bits per heavy atom. The van der Waals surface area contributed by atoms with E-state index in [9.17, 15) is 23.1 Å². The van der Waals surface area contributed by atoms with Crippen molar-refractivity contribution in [3.05, 3.63) is 0 Å². The van der Waals surface area contributed by atoms with E-state index >= 15 is 0 Å². The Balaban J connectivity index is 2.16. The summed E-state index contributed by atoms with van der Waals surface area (Å²) in [6, 6.07) is 0. The molecule has 0 aromatic heterocycles. The SMILES string of the molecule is CN(C(=O)C1CCS(=O)(=O)C1)C1(CC(=O)O)CCCCC1. The van der Waals surface area contributed by atoms with Crippen LogP contribution in [0.5, 0.6) is 0 Å². The summed E-state index contributed by atoms with van der Waals surface area (Å²) in [5.41, 5.74) is -0.645. The number of amides is 1. The molecule has 1 aliphatic carbocycles. The molecule has 2 rings (SSSR count). The first-order chi connectivity index (χ1) is 9.76. The first kappa shape index (κ1) is 16.3. The van der Waals surface area contributed by atoms with E-state index in [1.54, 1.807) is 11.9 Å². The van der Waals surface area contributed by atoms with Gasteiger partial charge in [0.2, 0.25) is 5.91 Å². The van der Waals surface area contributed by atoms with E-state index in [1.807, 2.05) is 0 Å². The lowest BCUT2D eigenvalue weighted by Crippen LogP contribution is -2.53. The summed E-state index contributed by atoms with van der Waals surface area (Å²) in [4.78, 5) is 25.3. The van der Waals surface area contributed by atoms with Crippen LogP contribution in [0.15, 0.2) is 0 Å². The summed E-state index contributed by atoms with van der Waals surface area (Å²) < 4.78 is 23.1. The molecule has 1 amide bonds. The van der Waals surface area contributed by atoms with E-state index < -0.39 is 27.3 Å². The van der Waals surface area contributed by atoms with Crippen molar-refractivity contribution in [3.8, 4) is 0 Å². The molecule has 0 aromatic carbocycles. The highest BCUT2D eigenvalue weighted by Gasteiger charge is 2.44. The number of aliphatic carboxylic acids is 1. The number of sulfone groups is 1. The Kier molecular flexibility index (Phi) is 4.60. The van der Waals surface area contributed by atoms with E-state index in [-0.39, 0.29) is 23.8 Å². The maximum atomic E-state index is 12.6. The number of carboxylic acids is 1. The summed E-state index contributed by atoms with van der Waals surface area (Å²) >= 11 is 0. The van der Waals surface area contributed by atoms with Gasteiger partial charge in [0.05, 0.1) is 29.4 Å². The minimum Gasteiger partial charge on any atom is -0.481 e. The topological polar surface area (TPSA) is 91.8 Å². The second kappa shape index (κ2) is 5.94. The molecule has 2 aliphatic rings. The van der Waals surface area contributed by atoms with Crippen molar-refractivity contribution in [2.24, 2.45) is 5.92 Å². The molecular weight excluding hydrogens is 294 g/mol. The summed E-state index contributed by atoms with van der Waals surface area (Å²) in [5.74, 6) is -1.66. The largest absolute Gasteiger partial charge is 0.481 e. The van der Waals surface area contributed by atoms with E-state index in [1.165, 1.54) is 0 Å². The molecule has 7 heteroatoms. The van der Waals surface area contributed by atoms with Crippen LogP contribution in [0.1, 0.15) is 44.9 Å². The molecule has 0 radical (unpaired) electrons. The van der Waals surface area contributed by atoms with Gasteiger partial charge in [-0.2, -0.15) is 0 Å². The van der Waals surface area contributed by atoms with Gasteiger partial charge in [-0.3, -0.25) is 9.59 Å². The minimum absolute atomic E-state index is 0.0587. The normalized spacial score (nSPS) is 27.2. The molecule has 1 saturated carbocycles. The smallest absolute Gasteiger partial charge is 0.305 e. The number of rotatable bonds is 4. The zero-order valence-electron chi connectivity index (χ0n) is 12.4. The first-order valence-corrected chi connectivity index (χ1v) is 9.28. The van der Waals surface area contributed by atoms with Crippen LogP contribution in [0.2, 0.25) is 0 Å². The van der Waals surface area contributed by atoms with Gasteiger partial charge in [0.1, 0.15) is 0 Å². The summed E-state index contributed by atoms with van der Waals surface area (Å²) in [5, 5.41) is 9.18. The van der Waals surface area contributed by atoms with Crippen molar-refractivity contribution in [1.29, 1.82) is 0 Å². The standard InChI is InChI=1S/C14H23NO5S/c1-15(13(18)11-5-8-21(19,20)10-11)14(9-12(16)17)6-3-2-4-7-14/h11H,2-10H2,1H3,(H,16,17). The third kappa shape index (κ3) is 3.56. The van der Waals surface area contributed by atoms with Crippen LogP contribution in [-0.4, -0.2) is 54.4 Å². The Morgan fingerprint density at radius 3 is 2.33 bits per heavy atom. The molecule has 0 spiro atoms. The van der Waals surface area contributed by atoms with E-state index in [4.69, 9.17) is 0 Å². The molecule has 1 aliphatic heterocycles. The third-order valence-electron chi connectivity index (χ3n) is 4.89. The molecule has 0 bridgehead atoms. The number of nitrogens with zero attached hydrogens (tertiary/aromatic N) is 1. The zero-order valence-corrected chi connectivity index (χ0v) is 13.2. The molecule has 0 aromatic rings. The second-order valence-electron chi connectivity index (χ2n) is 6.35. The average molecular weight is 317 g/mol. The van der Waals surface area contributed by atoms with Crippen LogP contribution < -0.4 is 0 Å². The highest BCUT2D eigenvalue weighted by atomic mass is 32.2. The van der Waals surface area contributed by atoms with Crippen LogP contribution in [0.3, 0.4) is 0 Å². The van der Waals surface area contributed by atoms with Gasteiger partial charge in [-0.05, 0) is 19.3 Å². The van der Waals surface area contributed by atoms with Gasteiger partial charge in [0.25, 0.3) is 0 Å². The average Bonchev–Trinajstić information content (AvgIpc) is 2.77. The Hall–Kier alpha value is -1.11. The van der Waals surface area contributed by atoms with E-state index in [0.717, 1.165) is 19.3 Å². The summed E-state index contributed by atoms with van der Waals surface area (Å²) in [6.45, 7) is 0. The lowest BCUT2D eigenvalue weighted by molar-refractivity contribution is -0.147. The van der Waals surface area contributed by atoms with Crippen LogP contribution in [-0.2, 0) is 19.4 Å². The first-order valence-electron chi connectivity index (χ1n) is 7.46. The zero-order chi connectivity index (χ0) is 15.7. The van der Waals surface area contributed by atoms with Gasteiger partial charge >= 0.3 is 5.97 Å². The maximum Gasteiger partial charge on any atom is 0.305 e. The van der Waals surface area contributed by atoms with Gasteiger partial charge in [-0.25, -0.2) is 8.42 Å². The number of hydrogen-bond donors (Lipinski definition) is 1. The number of carboxylic acid groups (broad SMARTS) is 1. The quantitative estimate of drug-likeness (QED) is 0.837. The van der Waals surface area contributed by atoms with Crippen molar-refractivity contribution in [2.45, 2.75) is 50.5 Å². The van der Waals surface area contributed by atoms with Gasteiger partial charge in [0.15, 0.2) is 9.84 Å². The molecule has 120 valence electrons. The minimum atomic E-state index is -3.11. The highest BCUT2D eigenvalue weighted by Crippen LogP contribution is 2.37. The molecular formula is C14H23NO5S. The van der Waals surface area contributed by atoms with Crippen LogP contribution in [0.25, 0.3) is 0 Å². The summed E-state index contributed by atoms with van der Waals surface area (Å²) in [7, 11) is -1.47. The lowest BCUT2D eigenvalue weighted by atomic mass is 9.77. The molecule has 1 atom stereocenters. The number of hydrogen-bond acceptors (Lipinski definition) is 4. The lowest BCUT2D eigenvalue weighted by Gasteiger charge is -2.44. The van der Waals surface area contributed by atoms with Crippen molar-refractivity contribution in [2.75, 3.05) is 18.6 Å². The Bertz CT molecular complexity index is 521. The molecule has 1 unspecified atom stereocenters. The van der Waals surface area contributed by atoms with Crippen LogP contribution in [0.4, 0.5) is 0 Å². The fourth-order valence-corrected chi connectivity index (χ4v) is 5.35. The van der Waals surface area contributed by atoms with Gasteiger partial charge in [0, 0.05) is 7.05 Å². The molecule has 1 heterocycles. The maximum absolute atomic E-state index is 12.6. The third-order valence-corrected chi connectivity index (χ3v) is 6.66. The van der Waals surface area contributed by atoms with Crippen LogP contribution in [0, 0.1) is 5.92 Å². The number of carbonyl (C=O) groups is 2. The fraction of sp³-hybridized carbons (Fsp3) is 0.857. The van der Waals surface area contributed by atoms with Crippen molar-refractivity contribution < 1.29 is 23.1 Å². The number of carbonyl (C=O) groups excluding carboxylic acids is 1. The van der Waals surface area contributed by atoms with Crippen molar-refractivity contribution in [3.63, 3.8) is 0 Å².